The van der Waals surface area contributed by atoms with Crippen LogP contribution in [0, 0.1) is 11.8 Å². The molecule has 3 amide bonds. The van der Waals surface area contributed by atoms with Gasteiger partial charge >= 0.3 is 0 Å². The van der Waals surface area contributed by atoms with E-state index in [1.165, 1.54) is 0 Å². The van der Waals surface area contributed by atoms with Crippen LogP contribution in [0.3, 0.4) is 0 Å². The fourth-order valence-electron chi connectivity index (χ4n) is 5.30. The lowest BCUT2D eigenvalue weighted by Gasteiger charge is -2.30. The molecule has 3 rings (SSSR count). The average Bonchev–Trinajstić information content (AvgIpc) is 3.42. The highest BCUT2D eigenvalue weighted by Gasteiger charge is 2.52. The molecule has 0 aliphatic carbocycles. The number of carbonyl (C=O) groups excluding carboxylic acids is 4. The lowest BCUT2D eigenvalue weighted by atomic mass is 9.86. The zero-order valence-electron chi connectivity index (χ0n) is 23.4. The van der Waals surface area contributed by atoms with Crippen molar-refractivity contribution in [1.82, 2.24) is 15.1 Å². The molecule has 5 unspecified atom stereocenters. The Balaban J connectivity index is 1.76. The Morgan fingerprint density at radius 1 is 1.05 bits per heavy atom. The molecule has 3 N–H and O–H groups in total. The molecular weight excluding hydrogens is 468 g/mol. The van der Waals surface area contributed by atoms with Crippen LogP contribution >= 0.6 is 0 Å². The topological polar surface area (TPSA) is 113 Å². The number of nitrogens with two attached hydrogens (primary N) is 1. The van der Waals surface area contributed by atoms with Gasteiger partial charge in [0, 0.05) is 12.1 Å². The van der Waals surface area contributed by atoms with E-state index in [9.17, 15) is 19.2 Å². The number of nitrogens with zero attached hydrogens (tertiary/aromatic N) is 2. The smallest absolute Gasteiger partial charge is 0.251 e. The number of fused-ring (bicyclic) bond motifs is 1. The monoisotopic (exact) mass is 512 g/mol. The summed E-state index contributed by atoms with van der Waals surface area (Å²) in [5.74, 6) is -0.798. The highest BCUT2D eigenvalue weighted by Crippen LogP contribution is 2.32. The molecule has 1 aromatic rings. The first-order valence-corrected chi connectivity index (χ1v) is 13.6. The molecule has 2 aliphatic heterocycles. The quantitative estimate of drug-likeness (QED) is 0.556. The molecule has 8 heteroatoms. The van der Waals surface area contributed by atoms with Crippen molar-refractivity contribution >= 4 is 23.5 Å². The summed E-state index contributed by atoms with van der Waals surface area (Å²) in [6.45, 7) is 14.6. The van der Waals surface area contributed by atoms with E-state index in [0.29, 0.717) is 24.9 Å². The summed E-state index contributed by atoms with van der Waals surface area (Å²) >= 11 is 0. The van der Waals surface area contributed by atoms with E-state index in [1.807, 2.05) is 39.8 Å². The van der Waals surface area contributed by atoms with Crippen LogP contribution in [0.15, 0.2) is 24.3 Å². The Bertz CT molecular complexity index is 1010. The van der Waals surface area contributed by atoms with Crippen molar-refractivity contribution in [1.29, 1.82) is 0 Å². The Labute approximate surface area is 221 Å². The minimum absolute atomic E-state index is 0.00360. The largest absolute Gasteiger partial charge is 0.340 e. The number of likely N-dealkylation sites (tertiary alicyclic amines) is 2. The van der Waals surface area contributed by atoms with E-state index in [2.05, 4.69) is 26.1 Å². The molecule has 1 aromatic carbocycles. The number of amides is 3. The SMILES string of the molecule is CCC(C)C(N)C(=O)N1CC(=O)C2C1CCN2C(=O)C(CC(C)C)NC(=O)c1ccc(C(C)(C)C)cc1. The standard InChI is InChI=1S/C29H44N4O4/c1-8-18(4)24(30)28(37)33-16-23(34)25-22(33)13-14-32(25)27(36)21(15-17(2)3)31-26(35)19-9-11-20(12-10-19)29(5,6)7/h9-12,17-18,21-22,24-25H,8,13-16,30H2,1-7H3,(H,31,35). The number of hydrogen-bond donors (Lipinski definition) is 2. The third kappa shape index (κ3) is 6.22. The van der Waals surface area contributed by atoms with Crippen molar-refractivity contribution < 1.29 is 19.2 Å². The van der Waals surface area contributed by atoms with Gasteiger partial charge in [0.05, 0.1) is 18.6 Å². The predicted octanol–water partition coefficient (Wildman–Crippen LogP) is 2.88. The molecule has 2 heterocycles. The minimum Gasteiger partial charge on any atom is -0.340 e. The molecule has 0 radical (unpaired) electrons. The lowest BCUT2D eigenvalue weighted by Crippen LogP contribution is -2.53. The van der Waals surface area contributed by atoms with Crippen molar-refractivity contribution in [3.8, 4) is 0 Å². The molecular formula is C29H44N4O4. The zero-order valence-corrected chi connectivity index (χ0v) is 23.4. The summed E-state index contributed by atoms with van der Waals surface area (Å²) in [4.78, 5) is 56.1. The van der Waals surface area contributed by atoms with Crippen molar-refractivity contribution in [3.63, 3.8) is 0 Å². The summed E-state index contributed by atoms with van der Waals surface area (Å²) < 4.78 is 0. The number of hydrogen-bond acceptors (Lipinski definition) is 5. The van der Waals surface area contributed by atoms with E-state index in [-0.39, 0.29) is 53.3 Å². The average molecular weight is 513 g/mol. The summed E-state index contributed by atoms with van der Waals surface area (Å²) in [5, 5.41) is 2.93. The fourth-order valence-corrected chi connectivity index (χ4v) is 5.30. The van der Waals surface area contributed by atoms with Gasteiger partial charge < -0.3 is 20.9 Å². The number of benzene rings is 1. The molecule has 5 atom stereocenters. The molecule has 0 aromatic heterocycles. The Hall–Kier alpha value is -2.74. The third-order valence-corrected chi connectivity index (χ3v) is 7.85. The number of ketones is 1. The molecule has 37 heavy (non-hydrogen) atoms. The first-order chi connectivity index (χ1) is 17.3. The van der Waals surface area contributed by atoms with Crippen LogP contribution in [-0.2, 0) is 19.8 Å². The van der Waals surface area contributed by atoms with Crippen LogP contribution in [0.5, 0.6) is 0 Å². The maximum Gasteiger partial charge on any atom is 0.251 e. The van der Waals surface area contributed by atoms with Gasteiger partial charge in [-0.2, -0.15) is 0 Å². The first-order valence-electron chi connectivity index (χ1n) is 13.6. The highest BCUT2D eigenvalue weighted by atomic mass is 16.2. The van der Waals surface area contributed by atoms with Gasteiger partial charge in [0.1, 0.15) is 12.1 Å². The first kappa shape index (κ1) is 28.8. The molecule has 2 aliphatic rings. The highest BCUT2D eigenvalue weighted by molar-refractivity contribution is 6.01. The van der Waals surface area contributed by atoms with Gasteiger partial charge in [-0.25, -0.2) is 0 Å². The van der Waals surface area contributed by atoms with Gasteiger partial charge in [-0.1, -0.05) is 67.0 Å². The van der Waals surface area contributed by atoms with Crippen molar-refractivity contribution in [3.05, 3.63) is 35.4 Å². The van der Waals surface area contributed by atoms with Crippen molar-refractivity contribution in [2.24, 2.45) is 17.6 Å². The lowest BCUT2D eigenvalue weighted by molar-refractivity contribution is -0.138. The summed E-state index contributed by atoms with van der Waals surface area (Å²) in [6.07, 6.45) is 1.74. The molecule has 0 spiro atoms. The molecule has 2 fully saturated rings. The van der Waals surface area contributed by atoms with Gasteiger partial charge in [-0.15, -0.1) is 0 Å². The molecule has 0 saturated carbocycles. The van der Waals surface area contributed by atoms with Gasteiger partial charge in [0.25, 0.3) is 5.91 Å². The predicted molar refractivity (Wildman–Crippen MR) is 144 cm³/mol. The number of rotatable bonds is 8. The van der Waals surface area contributed by atoms with Crippen LogP contribution in [0.25, 0.3) is 0 Å². The Morgan fingerprint density at radius 3 is 2.22 bits per heavy atom. The van der Waals surface area contributed by atoms with Crippen LogP contribution in [0.4, 0.5) is 0 Å². The second-order valence-electron chi connectivity index (χ2n) is 12.2. The summed E-state index contributed by atoms with van der Waals surface area (Å²) in [7, 11) is 0. The number of Topliss-reactive ketones (excluding diaryl/α,β-unsaturated/α-hetero) is 1. The molecule has 0 bridgehead atoms. The Kier molecular flexibility index (Phi) is 8.83. The summed E-state index contributed by atoms with van der Waals surface area (Å²) in [6, 6.07) is 4.97. The van der Waals surface area contributed by atoms with Gasteiger partial charge in [-0.3, -0.25) is 19.2 Å². The van der Waals surface area contributed by atoms with Crippen molar-refractivity contribution in [2.75, 3.05) is 13.1 Å². The van der Waals surface area contributed by atoms with Gasteiger partial charge in [0.2, 0.25) is 11.8 Å². The van der Waals surface area contributed by atoms with E-state index in [4.69, 9.17) is 5.73 Å². The second kappa shape index (κ2) is 11.3. The van der Waals surface area contributed by atoms with Crippen molar-refractivity contribution in [2.45, 2.75) is 97.3 Å². The number of carbonyl (C=O) groups is 4. The maximum absolute atomic E-state index is 13.7. The molecule has 8 nitrogen and oxygen atoms in total. The van der Waals surface area contributed by atoms with E-state index >= 15 is 0 Å². The summed E-state index contributed by atoms with van der Waals surface area (Å²) in [5.41, 5.74) is 7.77. The third-order valence-electron chi connectivity index (χ3n) is 7.85. The second-order valence-corrected chi connectivity index (χ2v) is 12.2. The minimum atomic E-state index is -0.756. The Morgan fingerprint density at radius 2 is 1.68 bits per heavy atom. The maximum atomic E-state index is 13.7. The van der Waals surface area contributed by atoms with Crippen LogP contribution in [0.2, 0.25) is 0 Å². The van der Waals surface area contributed by atoms with Gasteiger partial charge in [0.15, 0.2) is 5.78 Å². The van der Waals surface area contributed by atoms with E-state index in [1.54, 1.807) is 21.9 Å². The van der Waals surface area contributed by atoms with Crippen LogP contribution in [-0.4, -0.2) is 70.6 Å². The normalized spacial score (nSPS) is 22.1. The fraction of sp³-hybridized carbons (Fsp3) is 0.655. The zero-order chi connectivity index (χ0) is 27.7. The van der Waals surface area contributed by atoms with Crippen LogP contribution < -0.4 is 11.1 Å². The molecule has 2 saturated heterocycles. The molecule has 204 valence electrons. The van der Waals surface area contributed by atoms with E-state index < -0.39 is 18.1 Å². The van der Waals surface area contributed by atoms with Crippen LogP contribution in [0.1, 0.15) is 83.7 Å². The van der Waals surface area contributed by atoms with Gasteiger partial charge in [-0.05, 0) is 47.8 Å². The van der Waals surface area contributed by atoms with E-state index in [0.717, 1.165) is 12.0 Å². The number of nitrogens with one attached hydrogen (secondary N) is 1.